The summed E-state index contributed by atoms with van der Waals surface area (Å²) in [5, 5.41) is 10.6. The largest absolute Gasteiger partial charge is 0.472 e. The van der Waals surface area contributed by atoms with Crippen molar-refractivity contribution >= 4 is 39.5 Å². The van der Waals surface area contributed by atoms with Gasteiger partial charge in [0.15, 0.2) is 12.2 Å². The third kappa shape index (κ3) is 63.5. The third-order valence-electron chi connectivity index (χ3n) is 16.7. The first-order valence-electron chi connectivity index (χ1n) is 36.7. The van der Waals surface area contributed by atoms with Crippen molar-refractivity contribution < 1.29 is 80.2 Å². The monoisotopic (exact) mass is 1320 g/mol. The van der Waals surface area contributed by atoms with E-state index in [4.69, 9.17) is 37.0 Å². The molecule has 0 amide bonds. The van der Waals surface area contributed by atoms with Gasteiger partial charge in [-0.25, -0.2) is 9.13 Å². The van der Waals surface area contributed by atoms with Crippen molar-refractivity contribution in [3.05, 3.63) is 0 Å². The van der Waals surface area contributed by atoms with Gasteiger partial charge in [0.25, 0.3) is 0 Å². The highest BCUT2D eigenvalue weighted by atomic mass is 31.2. The zero-order chi connectivity index (χ0) is 66.8. The van der Waals surface area contributed by atoms with E-state index in [-0.39, 0.29) is 25.7 Å². The van der Waals surface area contributed by atoms with Crippen LogP contribution >= 0.6 is 15.6 Å². The Hall–Kier alpha value is -1.94. The number of carbonyl (C=O) groups is 4. The van der Waals surface area contributed by atoms with Crippen molar-refractivity contribution in [2.24, 2.45) is 23.7 Å². The molecule has 534 valence electrons. The second kappa shape index (κ2) is 60.7. The number of phosphoric acid groups is 2. The quantitative estimate of drug-likeness (QED) is 0.0222. The Morgan fingerprint density at radius 1 is 0.311 bits per heavy atom. The van der Waals surface area contributed by atoms with Gasteiger partial charge in [0.1, 0.15) is 19.3 Å². The molecule has 0 aliphatic rings. The molecule has 0 saturated carbocycles. The molecule has 19 heteroatoms. The first-order chi connectivity index (χ1) is 43.1. The summed E-state index contributed by atoms with van der Waals surface area (Å²) in [5.41, 5.74) is 0. The molecule has 0 rings (SSSR count). The number of rotatable bonds is 68. The standard InChI is InChI=1S/C71H138O17P2/c1-9-64(8)50-42-34-28-30-36-44-52-69(74)82-58-66(87-70(75)53-45-37-26-22-18-12-10-11-15-19-23-31-39-47-61(2)3)59-85-89(77,78)83-55-65(72)56-84-90(79,80)86-60-67(88-71(76)54-46-38-29-27-33-41-49-63(6)7)57-81-68(73)51-43-35-25-21-17-14-13-16-20-24-32-40-48-62(4)5/h61-67,72H,9-60H2,1-8H3,(H,77,78)(H,79,80)/t64?,65-,66+,67+/m0/s1. The second-order valence-electron chi connectivity index (χ2n) is 27.3. The van der Waals surface area contributed by atoms with Crippen LogP contribution in [0.4, 0.5) is 0 Å². The maximum atomic E-state index is 13.0. The Bertz CT molecular complexity index is 1780. The topological polar surface area (TPSA) is 237 Å². The molecule has 0 saturated heterocycles. The summed E-state index contributed by atoms with van der Waals surface area (Å²) < 4.78 is 68.3. The third-order valence-corrected chi connectivity index (χ3v) is 18.6. The van der Waals surface area contributed by atoms with Crippen LogP contribution < -0.4 is 0 Å². The first kappa shape index (κ1) is 88.1. The molecule has 0 aromatic heterocycles. The number of hydrogen-bond acceptors (Lipinski definition) is 15. The average molecular weight is 1330 g/mol. The molecule has 0 heterocycles. The Labute approximate surface area is 549 Å². The Balaban J connectivity index is 5.21. The van der Waals surface area contributed by atoms with Gasteiger partial charge in [-0.1, -0.05) is 299 Å². The van der Waals surface area contributed by atoms with Crippen LogP contribution in [0.5, 0.6) is 0 Å². The van der Waals surface area contributed by atoms with Crippen LogP contribution in [0.2, 0.25) is 0 Å². The lowest BCUT2D eigenvalue weighted by atomic mass is 10.00. The van der Waals surface area contributed by atoms with Gasteiger partial charge in [-0.3, -0.25) is 37.3 Å². The molecule has 0 bridgehead atoms. The Morgan fingerprint density at radius 2 is 0.533 bits per heavy atom. The molecule has 0 aliphatic carbocycles. The molecule has 3 N–H and O–H groups in total. The van der Waals surface area contributed by atoms with Crippen LogP contribution in [0.1, 0.15) is 351 Å². The number of phosphoric ester groups is 2. The normalized spacial score (nSPS) is 14.6. The molecule has 0 fully saturated rings. The fourth-order valence-corrected chi connectivity index (χ4v) is 12.2. The maximum Gasteiger partial charge on any atom is 0.472 e. The van der Waals surface area contributed by atoms with Crippen LogP contribution in [0, 0.1) is 23.7 Å². The fraction of sp³-hybridized carbons (Fsp3) is 0.944. The van der Waals surface area contributed by atoms with E-state index in [9.17, 15) is 43.2 Å². The first-order valence-corrected chi connectivity index (χ1v) is 39.7. The van der Waals surface area contributed by atoms with Gasteiger partial charge in [0.2, 0.25) is 0 Å². The van der Waals surface area contributed by atoms with Crippen molar-refractivity contribution in [2.45, 2.75) is 369 Å². The number of ether oxygens (including phenoxy) is 4. The minimum Gasteiger partial charge on any atom is -0.462 e. The predicted molar refractivity (Wildman–Crippen MR) is 363 cm³/mol. The maximum absolute atomic E-state index is 13.0. The summed E-state index contributed by atoms with van der Waals surface area (Å²) >= 11 is 0. The Morgan fingerprint density at radius 3 is 0.789 bits per heavy atom. The number of esters is 4. The summed E-state index contributed by atoms with van der Waals surface area (Å²) in [6, 6.07) is 0. The average Bonchev–Trinajstić information content (AvgIpc) is 3.69. The molecule has 0 spiro atoms. The minimum atomic E-state index is -4.95. The van der Waals surface area contributed by atoms with E-state index in [1.54, 1.807) is 0 Å². The van der Waals surface area contributed by atoms with Crippen LogP contribution in [0.25, 0.3) is 0 Å². The van der Waals surface area contributed by atoms with Crippen LogP contribution in [-0.2, 0) is 65.4 Å². The molecule has 0 radical (unpaired) electrons. The van der Waals surface area contributed by atoms with Gasteiger partial charge in [-0.15, -0.1) is 0 Å². The van der Waals surface area contributed by atoms with Crippen LogP contribution in [-0.4, -0.2) is 96.7 Å². The van der Waals surface area contributed by atoms with Crippen molar-refractivity contribution in [1.29, 1.82) is 0 Å². The molecular weight excluding hydrogens is 1190 g/mol. The number of carbonyl (C=O) groups excluding carboxylic acids is 4. The summed E-state index contributed by atoms with van der Waals surface area (Å²) in [4.78, 5) is 72.5. The van der Waals surface area contributed by atoms with Crippen molar-refractivity contribution in [3.63, 3.8) is 0 Å². The minimum absolute atomic E-state index is 0.102. The highest BCUT2D eigenvalue weighted by Gasteiger charge is 2.30. The Kier molecular flexibility index (Phi) is 59.4. The molecule has 17 nitrogen and oxygen atoms in total. The van der Waals surface area contributed by atoms with Crippen molar-refractivity contribution in [3.8, 4) is 0 Å². The van der Waals surface area contributed by atoms with Crippen molar-refractivity contribution in [1.82, 2.24) is 0 Å². The van der Waals surface area contributed by atoms with Gasteiger partial charge >= 0.3 is 39.5 Å². The van der Waals surface area contributed by atoms with E-state index in [2.05, 4.69) is 55.4 Å². The van der Waals surface area contributed by atoms with Crippen LogP contribution in [0.15, 0.2) is 0 Å². The lowest BCUT2D eigenvalue weighted by Crippen LogP contribution is -2.30. The summed E-state index contributed by atoms with van der Waals surface area (Å²) in [6.45, 7) is 14.1. The second-order valence-corrected chi connectivity index (χ2v) is 30.2. The fourth-order valence-electron chi connectivity index (χ4n) is 10.6. The molecule has 0 aliphatic heterocycles. The number of aliphatic hydroxyl groups excluding tert-OH is 1. The lowest BCUT2D eigenvalue weighted by molar-refractivity contribution is -0.161. The molecule has 0 aromatic carbocycles. The highest BCUT2D eigenvalue weighted by Crippen LogP contribution is 2.45. The van der Waals surface area contributed by atoms with Gasteiger partial charge in [0.05, 0.1) is 26.4 Å². The van der Waals surface area contributed by atoms with Crippen molar-refractivity contribution in [2.75, 3.05) is 39.6 Å². The predicted octanol–water partition coefficient (Wildman–Crippen LogP) is 20.1. The van der Waals surface area contributed by atoms with E-state index in [1.807, 2.05) is 0 Å². The van der Waals surface area contributed by atoms with E-state index < -0.39 is 97.5 Å². The van der Waals surface area contributed by atoms with E-state index in [0.717, 1.165) is 114 Å². The summed E-state index contributed by atoms with van der Waals surface area (Å²) in [5.74, 6) is 0.836. The van der Waals surface area contributed by atoms with Gasteiger partial charge < -0.3 is 33.8 Å². The van der Waals surface area contributed by atoms with Gasteiger partial charge in [0, 0.05) is 25.7 Å². The van der Waals surface area contributed by atoms with E-state index >= 15 is 0 Å². The number of aliphatic hydroxyl groups is 1. The van der Waals surface area contributed by atoms with Gasteiger partial charge in [-0.2, -0.15) is 0 Å². The molecule has 3 unspecified atom stereocenters. The highest BCUT2D eigenvalue weighted by molar-refractivity contribution is 7.47. The van der Waals surface area contributed by atoms with Crippen LogP contribution in [0.3, 0.4) is 0 Å². The van der Waals surface area contributed by atoms with E-state index in [0.29, 0.717) is 31.6 Å². The molecule has 90 heavy (non-hydrogen) atoms. The molecule has 0 aromatic rings. The zero-order valence-electron chi connectivity index (χ0n) is 58.8. The smallest absolute Gasteiger partial charge is 0.462 e. The van der Waals surface area contributed by atoms with Gasteiger partial charge in [-0.05, 0) is 49.4 Å². The SMILES string of the molecule is CCC(C)CCCCCCCCC(=O)OC[C@H](COP(=O)(O)OC[C@H](O)COP(=O)(O)OC[C@@H](COC(=O)CCCCCCCCCCCCCCC(C)C)OC(=O)CCCCCCCCC(C)C)OC(=O)CCCCCCCCCCCCCCCC(C)C. The molecular formula is C71H138O17P2. The van der Waals surface area contributed by atoms with E-state index in [1.165, 1.54) is 148 Å². The molecule has 6 atom stereocenters. The summed E-state index contributed by atoms with van der Waals surface area (Å²) in [7, 11) is -9.90. The summed E-state index contributed by atoms with van der Waals surface area (Å²) in [6.07, 6.45) is 43.3. The number of hydrogen-bond donors (Lipinski definition) is 3. The lowest BCUT2D eigenvalue weighted by Gasteiger charge is -2.21. The zero-order valence-corrected chi connectivity index (χ0v) is 60.6. The number of unbranched alkanes of at least 4 members (excludes halogenated alkanes) is 33.